The fourth-order valence-corrected chi connectivity index (χ4v) is 3.82. The van der Waals surface area contributed by atoms with E-state index in [1.807, 2.05) is 0 Å². The average molecular weight is 273 g/mol. The highest BCUT2D eigenvalue weighted by Crippen LogP contribution is 2.63. The van der Waals surface area contributed by atoms with E-state index >= 15 is 0 Å². The van der Waals surface area contributed by atoms with Crippen molar-refractivity contribution in [3.05, 3.63) is 0 Å². The third-order valence-electron chi connectivity index (χ3n) is 1.78. The minimum Gasteiger partial charge on any atom is -0.304 e. The zero-order valence-corrected chi connectivity index (χ0v) is 10.8. The summed E-state index contributed by atoms with van der Waals surface area (Å²) in [5.41, 5.74) is -3.64. The maximum atomic E-state index is 13.9. The summed E-state index contributed by atoms with van der Waals surface area (Å²) in [6.45, 7) is 3.11. The number of hydrogen-bond acceptors (Lipinski definition) is 5. The summed E-state index contributed by atoms with van der Waals surface area (Å²) in [7, 11) is -4.46. The van der Waals surface area contributed by atoms with Crippen LogP contribution in [0.4, 0.5) is 8.78 Å². The first kappa shape index (κ1) is 14.1. The van der Waals surface area contributed by atoms with E-state index in [4.69, 9.17) is 0 Å². The summed E-state index contributed by atoms with van der Waals surface area (Å²) in [5.74, 6) is 0.475. The molecule has 0 aromatic heterocycles. The molecule has 0 saturated heterocycles. The monoisotopic (exact) mass is 273 g/mol. The predicted molar refractivity (Wildman–Crippen MR) is 60.6 cm³/mol. The predicted octanol–water partition coefficient (Wildman–Crippen LogP) is 2.99. The van der Waals surface area contributed by atoms with E-state index in [-0.39, 0.29) is 13.2 Å². The van der Waals surface area contributed by atoms with E-state index < -0.39 is 18.3 Å². The first-order valence-corrected chi connectivity index (χ1v) is 7.45. The Morgan fingerprint density at radius 3 is 2.38 bits per heavy atom. The summed E-state index contributed by atoms with van der Waals surface area (Å²) in [6.07, 6.45) is 0. The van der Waals surface area contributed by atoms with Crippen molar-refractivity contribution < 1.29 is 22.4 Å². The molecular formula is C8H14F2NO3PS. The van der Waals surface area contributed by atoms with Crippen LogP contribution in [0.1, 0.15) is 13.8 Å². The molecule has 4 nitrogen and oxygen atoms in total. The van der Waals surface area contributed by atoms with E-state index in [1.165, 1.54) is 13.8 Å². The smallest absolute Gasteiger partial charge is 0.304 e. The molecule has 0 atom stereocenters. The second kappa shape index (κ2) is 5.58. The molecule has 0 radical (unpaired) electrons. The second-order valence-electron chi connectivity index (χ2n) is 2.91. The third kappa shape index (κ3) is 2.64. The number of nitrogens with zero attached hydrogens (tertiary/aromatic N) is 1. The Bertz CT molecular complexity index is 314. The quantitative estimate of drug-likeness (QED) is 0.698. The molecule has 0 fully saturated rings. The molecule has 94 valence electrons. The summed E-state index contributed by atoms with van der Waals surface area (Å²) < 4.78 is 49.0. The van der Waals surface area contributed by atoms with Crippen molar-refractivity contribution in [1.82, 2.24) is 0 Å². The lowest BCUT2D eigenvalue weighted by Crippen LogP contribution is -2.27. The Hall–Kier alpha value is 0.0300. The molecule has 0 unspecified atom stereocenters. The minimum absolute atomic E-state index is 0.0924. The van der Waals surface area contributed by atoms with Crippen LogP contribution in [0.15, 0.2) is 4.99 Å². The SMILES string of the molecule is CCOP(=O)(OCC)C(F)(F)C1=NCCS1. The highest BCUT2D eigenvalue weighted by molar-refractivity contribution is 8.15. The van der Waals surface area contributed by atoms with Crippen molar-refractivity contribution in [1.29, 1.82) is 0 Å². The molecule has 0 spiro atoms. The molecule has 0 aliphatic carbocycles. The van der Waals surface area contributed by atoms with Crippen LogP contribution in [0.25, 0.3) is 0 Å². The van der Waals surface area contributed by atoms with E-state index in [2.05, 4.69) is 14.0 Å². The minimum atomic E-state index is -4.46. The van der Waals surface area contributed by atoms with Crippen LogP contribution in [-0.2, 0) is 13.6 Å². The van der Waals surface area contributed by atoms with Gasteiger partial charge in [-0.15, -0.1) is 11.8 Å². The zero-order valence-electron chi connectivity index (χ0n) is 9.11. The highest BCUT2D eigenvalue weighted by Gasteiger charge is 2.58. The summed E-state index contributed by atoms with van der Waals surface area (Å²) in [4.78, 5) is 3.64. The summed E-state index contributed by atoms with van der Waals surface area (Å²) in [6, 6.07) is 0. The molecule has 16 heavy (non-hydrogen) atoms. The van der Waals surface area contributed by atoms with Gasteiger partial charge in [0.05, 0.1) is 13.2 Å². The molecule has 1 aliphatic heterocycles. The Morgan fingerprint density at radius 2 is 2.00 bits per heavy atom. The Labute approximate surface area is 97.3 Å². The van der Waals surface area contributed by atoms with Crippen molar-refractivity contribution in [2.45, 2.75) is 19.5 Å². The molecule has 0 aromatic carbocycles. The first-order valence-electron chi connectivity index (χ1n) is 4.92. The van der Waals surface area contributed by atoms with Crippen molar-refractivity contribution in [3.8, 4) is 0 Å². The van der Waals surface area contributed by atoms with Gasteiger partial charge in [-0.25, -0.2) is 0 Å². The lowest BCUT2D eigenvalue weighted by atomic mass is 10.7. The number of thioether (sulfide) groups is 1. The van der Waals surface area contributed by atoms with Crippen LogP contribution in [0, 0.1) is 0 Å². The number of rotatable bonds is 6. The van der Waals surface area contributed by atoms with Crippen molar-refractivity contribution >= 4 is 24.4 Å². The normalized spacial score (nSPS) is 17.6. The molecule has 0 bridgehead atoms. The molecule has 0 amide bonds. The number of halogens is 2. The van der Waals surface area contributed by atoms with Crippen LogP contribution in [0.3, 0.4) is 0 Å². The highest BCUT2D eigenvalue weighted by atomic mass is 32.2. The number of hydrogen-bond donors (Lipinski definition) is 0. The van der Waals surface area contributed by atoms with Gasteiger partial charge in [-0.2, -0.15) is 8.78 Å². The lowest BCUT2D eigenvalue weighted by Gasteiger charge is -2.25. The van der Waals surface area contributed by atoms with E-state index in [0.29, 0.717) is 12.3 Å². The van der Waals surface area contributed by atoms with Crippen LogP contribution in [0.2, 0.25) is 0 Å². The van der Waals surface area contributed by atoms with E-state index in [1.54, 1.807) is 0 Å². The van der Waals surface area contributed by atoms with Gasteiger partial charge in [0.2, 0.25) is 0 Å². The largest absolute Gasteiger partial charge is 0.406 e. The second-order valence-corrected chi connectivity index (χ2v) is 6.07. The van der Waals surface area contributed by atoms with Gasteiger partial charge in [0, 0.05) is 12.3 Å². The fraction of sp³-hybridized carbons (Fsp3) is 0.875. The molecule has 0 saturated carbocycles. The van der Waals surface area contributed by atoms with Gasteiger partial charge in [0.1, 0.15) is 0 Å². The Morgan fingerprint density at radius 1 is 1.44 bits per heavy atom. The molecule has 8 heteroatoms. The van der Waals surface area contributed by atoms with Crippen LogP contribution in [0.5, 0.6) is 0 Å². The van der Waals surface area contributed by atoms with Gasteiger partial charge in [-0.3, -0.25) is 9.56 Å². The Kier molecular flexibility index (Phi) is 4.91. The van der Waals surface area contributed by atoms with Crippen LogP contribution < -0.4 is 0 Å². The Balaban J connectivity index is 2.95. The maximum absolute atomic E-state index is 13.9. The summed E-state index contributed by atoms with van der Waals surface area (Å²) >= 11 is 0.896. The first-order chi connectivity index (χ1) is 7.48. The molecule has 1 heterocycles. The van der Waals surface area contributed by atoms with Crippen molar-refractivity contribution in [2.24, 2.45) is 4.99 Å². The topological polar surface area (TPSA) is 47.9 Å². The molecule has 1 aliphatic rings. The molecule has 0 N–H and O–H groups in total. The molecule has 0 aromatic rings. The van der Waals surface area contributed by atoms with Crippen molar-refractivity contribution in [3.63, 3.8) is 0 Å². The standard InChI is InChI=1S/C8H14F2NO3PS/c1-3-13-15(12,14-4-2)8(9,10)7-11-5-6-16-7/h3-6H2,1-2H3. The summed E-state index contributed by atoms with van der Waals surface area (Å²) in [5, 5.41) is -0.447. The maximum Gasteiger partial charge on any atom is 0.406 e. The van der Waals surface area contributed by atoms with Gasteiger partial charge >= 0.3 is 13.3 Å². The van der Waals surface area contributed by atoms with Gasteiger partial charge in [-0.05, 0) is 13.8 Å². The van der Waals surface area contributed by atoms with Gasteiger partial charge < -0.3 is 9.05 Å². The van der Waals surface area contributed by atoms with E-state index in [0.717, 1.165) is 11.8 Å². The van der Waals surface area contributed by atoms with Crippen LogP contribution >= 0.6 is 19.4 Å². The zero-order chi connectivity index (χ0) is 12.2. The number of alkyl halides is 2. The molecular weight excluding hydrogens is 259 g/mol. The number of aliphatic imine (C=N–C) groups is 1. The van der Waals surface area contributed by atoms with Crippen LogP contribution in [-0.4, -0.2) is 36.2 Å². The van der Waals surface area contributed by atoms with Gasteiger partial charge in [0.15, 0.2) is 5.04 Å². The van der Waals surface area contributed by atoms with Crippen molar-refractivity contribution in [2.75, 3.05) is 25.5 Å². The third-order valence-corrected chi connectivity index (χ3v) is 5.08. The lowest BCUT2D eigenvalue weighted by molar-refractivity contribution is 0.0970. The van der Waals surface area contributed by atoms with Gasteiger partial charge in [-0.1, -0.05) is 0 Å². The fourth-order valence-electron chi connectivity index (χ4n) is 1.17. The molecule has 1 rings (SSSR count). The average Bonchev–Trinajstić information content (AvgIpc) is 2.71. The van der Waals surface area contributed by atoms with Gasteiger partial charge in [0.25, 0.3) is 0 Å². The van der Waals surface area contributed by atoms with E-state index in [9.17, 15) is 13.3 Å².